The molecule has 10 heteroatoms. The zero-order chi connectivity index (χ0) is 23.4. The first-order chi connectivity index (χ1) is 15.8. The van der Waals surface area contributed by atoms with E-state index in [1.54, 1.807) is 44.2 Å². The molecule has 2 aromatic carbocycles. The topological polar surface area (TPSA) is 105 Å². The number of thioether (sulfide) groups is 1. The largest absolute Gasteiger partial charge is 0.338 e. The molecular weight excluding hydrogens is 460 g/mol. The number of aromatic nitrogens is 2. The predicted octanol–water partition coefficient (Wildman–Crippen LogP) is 4.41. The van der Waals surface area contributed by atoms with Crippen LogP contribution in [0.2, 0.25) is 0 Å². The van der Waals surface area contributed by atoms with Crippen LogP contribution in [0.25, 0.3) is 0 Å². The number of sulfonamides is 1. The molecule has 0 aliphatic carbocycles. The molecule has 0 saturated carbocycles. The molecule has 3 aromatic rings. The molecule has 1 fully saturated rings. The Morgan fingerprint density at radius 3 is 2.61 bits per heavy atom. The summed E-state index contributed by atoms with van der Waals surface area (Å²) in [5.41, 5.74) is 1.58. The van der Waals surface area contributed by atoms with Crippen LogP contribution in [0.5, 0.6) is 0 Å². The summed E-state index contributed by atoms with van der Waals surface area (Å²) in [6, 6.07) is 12.2. The summed E-state index contributed by atoms with van der Waals surface area (Å²) < 4.78 is 33.0. The van der Waals surface area contributed by atoms with Gasteiger partial charge in [0.05, 0.1) is 16.2 Å². The van der Waals surface area contributed by atoms with Gasteiger partial charge in [-0.1, -0.05) is 29.8 Å². The van der Waals surface area contributed by atoms with Crippen molar-refractivity contribution in [2.45, 2.75) is 48.7 Å². The molecule has 4 rings (SSSR count). The zero-order valence-corrected chi connectivity index (χ0v) is 20.2. The lowest BCUT2D eigenvalue weighted by Crippen LogP contribution is -2.36. The quantitative estimate of drug-likeness (QED) is 0.493. The standard InChI is InChI=1S/C23H26N4O4S2/c1-16-10-11-18(14-21(16)33(29,30)27-12-6-3-7-13-27)25-23(28)19-8-4-5-9-20(19)32-15-22-24-17(2)26-31-22/h4-5,8-11,14H,3,6-7,12-13,15H2,1-2H3,(H,25,28). The first kappa shape index (κ1) is 23.5. The highest BCUT2D eigenvalue weighted by atomic mass is 32.2. The van der Waals surface area contributed by atoms with Crippen molar-refractivity contribution in [3.63, 3.8) is 0 Å². The maximum Gasteiger partial charge on any atom is 0.256 e. The molecule has 1 N–H and O–H groups in total. The SMILES string of the molecule is Cc1noc(CSc2ccccc2C(=O)Nc2ccc(C)c(S(=O)(=O)N3CCCCC3)c2)n1. The van der Waals surface area contributed by atoms with E-state index in [1.807, 2.05) is 12.1 Å². The normalized spacial score (nSPS) is 14.8. The van der Waals surface area contributed by atoms with Gasteiger partial charge in [-0.15, -0.1) is 11.8 Å². The van der Waals surface area contributed by atoms with Crippen LogP contribution in [0.1, 0.15) is 46.9 Å². The number of benzene rings is 2. The number of nitrogens with one attached hydrogen (secondary N) is 1. The van der Waals surface area contributed by atoms with Crippen LogP contribution in [-0.4, -0.2) is 41.9 Å². The molecule has 8 nitrogen and oxygen atoms in total. The molecule has 0 atom stereocenters. The van der Waals surface area contributed by atoms with E-state index in [0.29, 0.717) is 47.4 Å². The fourth-order valence-corrected chi connectivity index (χ4v) is 6.37. The van der Waals surface area contributed by atoms with E-state index in [9.17, 15) is 13.2 Å². The number of carbonyl (C=O) groups excluding carboxylic acids is 1. The summed E-state index contributed by atoms with van der Waals surface area (Å²) in [6.07, 6.45) is 2.78. The van der Waals surface area contributed by atoms with Crippen LogP contribution in [0, 0.1) is 13.8 Å². The summed E-state index contributed by atoms with van der Waals surface area (Å²) in [6.45, 7) is 4.58. The lowest BCUT2D eigenvalue weighted by molar-refractivity contribution is 0.102. The highest BCUT2D eigenvalue weighted by Crippen LogP contribution is 2.29. The van der Waals surface area contributed by atoms with Crippen molar-refractivity contribution in [3.8, 4) is 0 Å². The maximum atomic E-state index is 13.2. The van der Waals surface area contributed by atoms with E-state index in [1.165, 1.54) is 16.1 Å². The Bertz CT molecular complexity index is 1250. The summed E-state index contributed by atoms with van der Waals surface area (Å²) in [5, 5.41) is 6.64. The minimum Gasteiger partial charge on any atom is -0.338 e. The molecular formula is C23H26N4O4S2. The van der Waals surface area contributed by atoms with Gasteiger partial charge in [0.2, 0.25) is 15.9 Å². The van der Waals surface area contributed by atoms with Gasteiger partial charge in [-0.3, -0.25) is 4.79 Å². The Balaban J connectivity index is 1.53. The van der Waals surface area contributed by atoms with E-state index < -0.39 is 10.0 Å². The molecule has 1 aromatic heterocycles. The van der Waals surface area contributed by atoms with Crippen LogP contribution in [0.4, 0.5) is 5.69 Å². The molecule has 1 aliphatic rings. The van der Waals surface area contributed by atoms with Crippen molar-refractivity contribution in [1.29, 1.82) is 0 Å². The zero-order valence-electron chi connectivity index (χ0n) is 18.6. The van der Waals surface area contributed by atoms with Crippen LogP contribution in [-0.2, 0) is 15.8 Å². The molecule has 1 saturated heterocycles. The Hall–Kier alpha value is -2.69. The number of anilines is 1. The van der Waals surface area contributed by atoms with E-state index in [4.69, 9.17) is 4.52 Å². The second-order valence-corrected chi connectivity index (χ2v) is 10.8. The minimum atomic E-state index is -3.61. The first-order valence-corrected chi connectivity index (χ1v) is 13.2. The molecule has 1 aliphatic heterocycles. The van der Waals surface area contributed by atoms with Gasteiger partial charge in [-0.25, -0.2) is 8.42 Å². The number of carbonyl (C=O) groups is 1. The number of hydrogen-bond donors (Lipinski definition) is 1. The second kappa shape index (κ2) is 10.1. The number of piperidine rings is 1. The molecule has 33 heavy (non-hydrogen) atoms. The number of aryl methyl sites for hydroxylation is 2. The predicted molar refractivity (Wildman–Crippen MR) is 127 cm³/mol. The van der Waals surface area contributed by atoms with Gasteiger partial charge >= 0.3 is 0 Å². The third-order valence-electron chi connectivity index (χ3n) is 5.43. The number of rotatable bonds is 7. The second-order valence-electron chi connectivity index (χ2n) is 7.92. The Kier molecular flexibility index (Phi) is 7.16. The fourth-order valence-electron chi connectivity index (χ4n) is 3.72. The summed E-state index contributed by atoms with van der Waals surface area (Å²) >= 11 is 1.42. The van der Waals surface area contributed by atoms with Gasteiger partial charge in [-0.05, 0) is 56.5 Å². The van der Waals surface area contributed by atoms with Crippen molar-refractivity contribution in [3.05, 3.63) is 65.3 Å². The van der Waals surface area contributed by atoms with Crippen LogP contribution in [0.3, 0.4) is 0 Å². The molecule has 1 amide bonds. The molecule has 0 radical (unpaired) electrons. The van der Waals surface area contributed by atoms with Crippen LogP contribution < -0.4 is 5.32 Å². The Morgan fingerprint density at radius 2 is 1.88 bits per heavy atom. The third-order valence-corrected chi connectivity index (χ3v) is 8.53. The lowest BCUT2D eigenvalue weighted by atomic mass is 10.2. The number of amides is 1. The van der Waals surface area contributed by atoms with Crippen LogP contribution in [0.15, 0.2) is 56.8 Å². The van der Waals surface area contributed by atoms with Gasteiger partial charge in [-0.2, -0.15) is 9.29 Å². The lowest BCUT2D eigenvalue weighted by Gasteiger charge is -2.26. The van der Waals surface area contributed by atoms with Gasteiger partial charge in [0.15, 0.2) is 5.82 Å². The third kappa shape index (κ3) is 5.45. The average molecular weight is 487 g/mol. The van der Waals surface area contributed by atoms with Gasteiger partial charge < -0.3 is 9.84 Å². The van der Waals surface area contributed by atoms with E-state index in [0.717, 1.165) is 24.2 Å². The summed E-state index contributed by atoms with van der Waals surface area (Å²) in [4.78, 5) is 18.2. The highest BCUT2D eigenvalue weighted by molar-refractivity contribution is 7.98. The van der Waals surface area contributed by atoms with Crippen molar-refractivity contribution >= 4 is 33.4 Å². The molecule has 174 valence electrons. The smallest absolute Gasteiger partial charge is 0.256 e. The molecule has 0 spiro atoms. The average Bonchev–Trinajstić information content (AvgIpc) is 3.24. The number of nitrogens with zero attached hydrogens (tertiary/aromatic N) is 3. The Labute approximate surface area is 197 Å². The van der Waals surface area contributed by atoms with Crippen molar-refractivity contribution < 1.29 is 17.7 Å². The van der Waals surface area contributed by atoms with Crippen molar-refractivity contribution in [1.82, 2.24) is 14.4 Å². The molecule has 0 bridgehead atoms. The molecule has 0 unspecified atom stereocenters. The van der Waals surface area contributed by atoms with E-state index >= 15 is 0 Å². The highest BCUT2D eigenvalue weighted by Gasteiger charge is 2.27. The minimum absolute atomic E-state index is 0.233. The van der Waals surface area contributed by atoms with Gasteiger partial charge in [0.25, 0.3) is 5.91 Å². The summed E-state index contributed by atoms with van der Waals surface area (Å²) in [7, 11) is -3.61. The van der Waals surface area contributed by atoms with Gasteiger partial charge in [0.1, 0.15) is 0 Å². The monoisotopic (exact) mass is 486 g/mol. The van der Waals surface area contributed by atoms with Gasteiger partial charge in [0, 0.05) is 23.7 Å². The maximum absolute atomic E-state index is 13.2. The van der Waals surface area contributed by atoms with E-state index in [2.05, 4.69) is 15.5 Å². The fraction of sp³-hybridized carbons (Fsp3) is 0.348. The van der Waals surface area contributed by atoms with Crippen LogP contribution >= 0.6 is 11.8 Å². The van der Waals surface area contributed by atoms with Crippen molar-refractivity contribution in [2.24, 2.45) is 0 Å². The van der Waals surface area contributed by atoms with E-state index in [-0.39, 0.29) is 10.8 Å². The van der Waals surface area contributed by atoms with Crippen molar-refractivity contribution in [2.75, 3.05) is 18.4 Å². The first-order valence-electron chi connectivity index (χ1n) is 10.8. The Morgan fingerprint density at radius 1 is 1.12 bits per heavy atom. The molecule has 2 heterocycles. The number of hydrogen-bond acceptors (Lipinski definition) is 7. The summed E-state index contributed by atoms with van der Waals surface area (Å²) in [5.74, 6) is 1.17.